The van der Waals surface area contributed by atoms with Crippen molar-refractivity contribution in [2.45, 2.75) is 58.6 Å². The Morgan fingerprint density at radius 1 is 1.33 bits per heavy atom. The van der Waals surface area contributed by atoms with Gasteiger partial charge in [-0.05, 0) is 56.3 Å². The first-order chi connectivity index (χ1) is 10.0. The van der Waals surface area contributed by atoms with E-state index in [0.717, 1.165) is 31.7 Å². The number of fused-ring (bicyclic) bond motifs is 1. The minimum Gasteiger partial charge on any atom is -0.487 e. The summed E-state index contributed by atoms with van der Waals surface area (Å²) >= 11 is 0. The molecule has 0 bridgehead atoms. The maximum absolute atomic E-state index is 9.09. The Morgan fingerprint density at radius 2 is 2.14 bits per heavy atom. The van der Waals surface area contributed by atoms with Crippen molar-refractivity contribution in [3.05, 3.63) is 29.3 Å². The molecule has 0 radical (unpaired) electrons. The van der Waals surface area contributed by atoms with Gasteiger partial charge in [0.2, 0.25) is 0 Å². The highest BCUT2D eigenvalue weighted by Gasteiger charge is 2.29. The van der Waals surface area contributed by atoms with Crippen molar-refractivity contribution in [3.8, 4) is 5.75 Å². The molecule has 3 heteroatoms. The molecule has 1 unspecified atom stereocenters. The van der Waals surface area contributed by atoms with E-state index in [1.165, 1.54) is 24.0 Å². The topological polar surface area (TPSA) is 41.5 Å². The molecule has 0 fully saturated rings. The van der Waals surface area contributed by atoms with Crippen LogP contribution in [0.3, 0.4) is 0 Å². The molecule has 1 aliphatic rings. The second kappa shape index (κ2) is 7.28. The Kier molecular flexibility index (Phi) is 5.65. The summed E-state index contributed by atoms with van der Waals surface area (Å²) in [5.74, 6) is 1.62. The molecular formula is C18H29NO2. The number of nitrogens with one attached hydrogen (secondary N) is 1. The average molecular weight is 291 g/mol. The number of aliphatic hydroxyl groups is 1. The smallest absolute Gasteiger partial charge is 0.123 e. The second-order valence-electron chi connectivity index (χ2n) is 6.78. The van der Waals surface area contributed by atoms with E-state index in [9.17, 15) is 0 Å². The van der Waals surface area contributed by atoms with Gasteiger partial charge < -0.3 is 15.2 Å². The lowest BCUT2D eigenvalue weighted by molar-refractivity contribution is 0.138. The Bertz CT molecular complexity index is 451. The SMILES string of the molecule is CCCC(CCO)CNCc1ccc2c(c1)CC(C)(C)O2. The summed E-state index contributed by atoms with van der Waals surface area (Å²) < 4.78 is 5.91. The third-order valence-corrected chi connectivity index (χ3v) is 4.12. The average Bonchev–Trinajstić information content (AvgIpc) is 2.72. The summed E-state index contributed by atoms with van der Waals surface area (Å²) in [6.45, 7) is 8.63. The summed E-state index contributed by atoms with van der Waals surface area (Å²) in [6, 6.07) is 6.50. The number of hydrogen-bond donors (Lipinski definition) is 2. The lowest BCUT2D eigenvalue weighted by atomic mass is 9.99. The van der Waals surface area contributed by atoms with Crippen LogP contribution in [0.2, 0.25) is 0 Å². The highest BCUT2D eigenvalue weighted by molar-refractivity contribution is 5.41. The first-order valence-corrected chi connectivity index (χ1v) is 8.16. The molecule has 1 atom stereocenters. The van der Waals surface area contributed by atoms with Gasteiger partial charge in [0.05, 0.1) is 0 Å². The highest BCUT2D eigenvalue weighted by atomic mass is 16.5. The lowest BCUT2D eigenvalue weighted by Crippen LogP contribution is -2.24. The van der Waals surface area contributed by atoms with E-state index in [0.29, 0.717) is 5.92 Å². The normalized spacial score (nSPS) is 17.3. The fraction of sp³-hybridized carbons (Fsp3) is 0.667. The summed E-state index contributed by atoms with van der Waals surface area (Å²) in [7, 11) is 0. The van der Waals surface area contributed by atoms with Crippen molar-refractivity contribution in [1.82, 2.24) is 5.32 Å². The zero-order valence-electron chi connectivity index (χ0n) is 13.6. The van der Waals surface area contributed by atoms with Gasteiger partial charge in [-0.15, -0.1) is 0 Å². The summed E-state index contributed by atoms with van der Waals surface area (Å²) in [5, 5.41) is 12.6. The predicted molar refractivity (Wildman–Crippen MR) is 86.7 cm³/mol. The minimum atomic E-state index is -0.0677. The van der Waals surface area contributed by atoms with Gasteiger partial charge in [0.25, 0.3) is 0 Å². The van der Waals surface area contributed by atoms with Crippen LogP contribution >= 0.6 is 0 Å². The van der Waals surface area contributed by atoms with Gasteiger partial charge in [-0.3, -0.25) is 0 Å². The first kappa shape index (κ1) is 16.3. The van der Waals surface area contributed by atoms with Gasteiger partial charge in [0, 0.05) is 19.6 Å². The van der Waals surface area contributed by atoms with Crippen LogP contribution in [0.4, 0.5) is 0 Å². The molecule has 0 amide bonds. The van der Waals surface area contributed by atoms with Crippen molar-refractivity contribution in [3.63, 3.8) is 0 Å². The molecule has 3 nitrogen and oxygen atoms in total. The van der Waals surface area contributed by atoms with Crippen molar-refractivity contribution in [1.29, 1.82) is 0 Å². The largest absolute Gasteiger partial charge is 0.487 e. The van der Waals surface area contributed by atoms with Crippen molar-refractivity contribution in [2.75, 3.05) is 13.2 Å². The second-order valence-corrected chi connectivity index (χ2v) is 6.78. The molecule has 1 aromatic rings. The molecule has 1 aliphatic heterocycles. The molecule has 2 rings (SSSR count). The van der Waals surface area contributed by atoms with Gasteiger partial charge in [0.1, 0.15) is 11.4 Å². The van der Waals surface area contributed by atoms with Gasteiger partial charge in [-0.1, -0.05) is 25.5 Å². The molecule has 0 aliphatic carbocycles. The highest BCUT2D eigenvalue weighted by Crippen LogP contribution is 2.35. The Hall–Kier alpha value is -1.06. The quantitative estimate of drug-likeness (QED) is 0.772. The van der Waals surface area contributed by atoms with Crippen molar-refractivity contribution in [2.24, 2.45) is 5.92 Å². The Balaban J connectivity index is 1.85. The molecule has 0 aromatic heterocycles. The molecule has 1 aromatic carbocycles. The predicted octanol–water partition coefficient (Wildman–Crippen LogP) is 3.29. The Morgan fingerprint density at radius 3 is 2.86 bits per heavy atom. The van der Waals surface area contributed by atoms with E-state index < -0.39 is 0 Å². The maximum Gasteiger partial charge on any atom is 0.123 e. The number of rotatable bonds is 8. The van der Waals surface area contributed by atoms with Crippen LogP contribution in [0.15, 0.2) is 18.2 Å². The van der Waals surface area contributed by atoms with Crippen LogP contribution in [-0.4, -0.2) is 23.9 Å². The molecule has 0 spiro atoms. The van der Waals surface area contributed by atoms with Gasteiger partial charge in [-0.2, -0.15) is 0 Å². The van der Waals surface area contributed by atoms with Crippen LogP contribution < -0.4 is 10.1 Å². The number of ether oxygens (including phenoxy) is 1. The van der Waals surface area contributed by atoms with E-state index in [1.54, 1.807) is 0 Å². The van der Waals surface area contributed by atoms with Gasteiger partial charge in [-0.25, -0.2) is 0 Å². The van der Waals surface area contributed by atoms with Crippen LogP contribution in [0.5, 0.6) is 5.75 Å². The monoisotopic (exact) mass is 291 g/mol. The van der Waals surface area contributed by atoms with Crippen molar-refractivity contribution >= 4 is 0 Å². The van der Waals surface area contributed by atoms with Crippen molar-refractivity contribution < 1.29 is 9.84 Å². The third-order valence-electron chi connectivity index (χ3n) is 4.12. The molecule has 0 saturated carbocycles. The van der Waals surface area contributed by atoms with Crippen LogP contribution in [-0.2, 0) is 13.0 Å². The Labute approximate surface area is 128 Å². The lowest BCUT2D eigenvalue weighted by Gasteiger charge is -2.16. The molecule has 118 valence electrons. The van der Waals surface area contributed by atoms with E-state index in [4.69, 9.17) is 9.84 Å². The zero-order valence-corrected chi connectivity index (χ0v) is 13.6. The number of benzene rings is 1. The van der Waals surface area contributed by atoms with Crippen LogP contribution in [0.1, 0.15) is 51.2 Å². The van der Waals surface area contributed by atoms with Gasteiger partial charge in [0.15, 0.2) is 0 Å². The van der Waals surface area contributed by atoms with E-state index >= 15 is 0 Å². The first-order valence-electron chi connectivity index (χ1n) is 8.16. The molecule has 1 heterocycles. The molecule has 21 heavy (non-hydrogen) atoms. The minimum absolute atomic E-state index is 0.0677. The fourth-order valence-electron chi connectivity index (χ4n) is 3.13. The van der Waals surface area contributed by atoms with E-state index in [2.05, 4.69) is 44.3 Å². The summed E-state index contributed by atoms with van der Waals surface area (Å²) in [5.41, 5.74) is 2.57. The number of aliphatic hydroxyl groups excluding tert-OH is 1. The van der Waals surface area contributed by atoms with Crippen LogP contribution in [0, 0.1) is 5.92 Å². The summed E-state index contributed by atoms with van der Waals surface area (Å²) in [6.07, 6.45) is 4.24. The van der Waals surface area contributed by atoms with E-state index in [-0.39, 0.29) is 12.2 Å². The molecule has 0 saturated heterocycles. The van der Waals surface area contributed by atoms with Crippen LogP contribution in [0.25, 0.3) is 0 Å². The molecular weight excluding hydrogens is 262 g/mol. The van der Waals surface area contributed by atoms with Gasteiger partial charge >= 0.3 is 0 Å². The molecule has 2 N–H and O–H groups in total. The number of hydrogen-bond acceptors (Lipinski definition) is 3. The maximum atomic E-state index is 9.09. The third kappa shape index (κ3) is 4.72. The summed E-state index contributed by atoms with van der Waals surface area (Å²) in [4.78, 5) is 0. The van der Waals surface area contributed by atoms with E-state index in [1.807, 2.05) is 0 Å². The standard InChI is InChI=1S/C18H29NO2/c1-4-5-14(8-9-20)12-19-13-15-6-7-17-16(10-15)11-18(2,3)21-17/h6-7,10,14,19-20H,4-5,8-9,11-13H2,1-3H3. The fourth-order valence-corrected chi connectivity index (χ4v) is 3.13. The zero-order chi connectivity index (χ0) is 15.3.